The van der Waals surface area contributed by atoms with Crippen molar-refractivity contribution in [2.24, 2.45) is 5.92 Å². The van der Waals surface area contributed by atoms with Gasteiger partial charge < -0.3 is 10.2 Å². The number of benzene rings is 1. The Morgan fingerprint density at radius 1 is 1.25 bits per heavy atom. The van der Waals surface area contributed by atoms with E-state index in [1.807, 2.05) is 6.07 Å². The average molecular weight is 293 g/mol. The Morgan fingerprint density at radius 3 is 2.60 bits per heavy atom. The van der Waals surface area contributed by atoms with Gasteiger partial charge in [-0.05, 0) is 43.7 Å². The van der Waals surface area contributed by atoms with Crippen molar-refractivity contribution in [2.45, 2.75) is 58.2 Å². The minimum Gasteiger partial charge on any atom is -0.368 e. The van der Waals surface area contributed by atoms with Crippen LogP contribution in [0.4, 0.5) is 5.69 Å². The normalized spacial score (nSPS) is 18.6. The minimum absolute atomic E-state index is 0.679. The van der Waals surface area contributed by atoms with Crippen LogP contribution in [0.5, 0.6) is 0 Å². The van der Waals surface area contributed by atoms with Gasteiger partial charge in [-0.15, -0.1) is 0 Å². The van der Waals surface area contributed by atoms with E-state index in [4.69, 9.17) is 11.6 Å². The van der Waals surface area contributed by atoms with Gasteiger partial charge in [0.2, 0.25) is 0 Å². The van der Waals surface area contributed by atoms with Gasteiger partial charge in [0.05, 0.1) is 0 Å². The Kier molecular flexibility index (Phi) is 4.23. The summed E-state index contributed by atoms with van der Waals surface area (Å²) in [7, 11) is 0. The van der Waals surface area contributed by atoms with Crippen molar-refractivity contribution in [3.63, 3.8) is 0 Å². The summed E-state index contributed by atoms with van der Waals surface area (Å²) in [6, 6.07) is 7.81. The minimum atomic E-state index is 0.679. The van der Waals surface area contributed by atoms with Gasteiger partial charge in [-0.3, -0.25) is 0 Å². The average Bonchev–Trinajstić information content (AvgIpc) is 3.27. The molecule has 0 amide bonds. The lowest BCUT2D eigenvalue weighted by Gasteiger charge is -2.29. The number of hydrogen-bond donors (Lipinski definition) is 1. The summed E-state index contributed by atoms with van der Waals surface area (Å²) in [6.45, 7) is 6.62. The largest absolute Gasteiger partial charge is 0.368 e. The van der Waals surface area contributed by atoms with Gasteiger partial charge in [-0.25, -0.2) is 0 Å². The van der Waals surface area contributed by atoms with Gasteiger partial charge in [-0.2, -0.15) is 0 Å². The topological polar surface area (TPSA) is 15.3 Å². The highest BCUT2D eigenvalue weighted by molar-refractivity contribution is 6.31. The highest BCUT2D eigenvalue weighted by Gasteiger charge is 2.31. The van der Waals surface area contributed by atoms with E-state index in [0.29, 0.717) is 5.92 Å². The van der Waals surface area contributed by atoms with Gasteiger partial charge in [-0.1, -0.05) is 31.5 Å². The molecule has 1 aromatic rings. The number of hydrogen-bond acceptors (Lipinski definition) is 2. The first kappa shape index (κ1) is 14.2. The molecule has 1 aromatic carbocycles. The van der Waals surface area contributed by atoms with Crippen LogP contribution in [0.25, 0.3) is 0 Å². The van der Waals surface area contributed by atoms with Crippen molar-refractivity contribution in [1.29, 1.82) is 0 Å². The van der Waals surface area contributed by atoms with Gasteiger partial charge in [0.1, 0.15) is 0 Å². The van der Waals surface area contributed by atoms with Crippen LogP contribution in [-0.2, 0) is 6.54 Å². The third-order valence-corrected chi connectivity index (χ3v) is 4.45. The third kappa shape index (κ3) is 3.48. The van der Waals surface area contributed by atoms with E-state index < -0.39 is 0 Å². The van der Waals surface area contributed by atoms with Crippen LogP contribution in [0.3, 0.4) is 0 Å². The Bertz CT molecular complexity index is 464. The molecule has 0 unspecified atom stereocenters. The molecule has 110 valence electrons. The van der Waals surface area contributed by atoms with Crippen molar-refractivity contribution in [2.75, 3.05) is 11.4 Å². The second kappa shape index (κ2) is 5.95. The molecule has 0 heterocycles. The molecule has 0 atom stereocenters. The van der Waals surface area contributed by atoms with E-state index in [1.54, 1.807) is 0 Å². The van der Waals surface area contributed by atoms with E-state index >= 15 is 0 Å². The molecule has 2 aliphatic carbocycles. The maximum absolute atomic E-state index is 6.47. The lowest BCUT2D eigenvalue weighted by atomic mass is 10.1. The fourth-order valence-electron chi connectivity index (χ4n) is 2.75. The van der Waals surface area contributed by atoms with Crippen molar-refractivity contribution < 1.29 is 0 Å². The number of rotatable bonds is 7. The van der Waals surface area contributed by atoms with Crippen molar-refractivity contribution in [3.8, 4) is 0 Å². The molecule has 0 spiro atoms. The maximum atomic E-state index is 6.47. The van der Waals surface area contributed by atoms with Crippen LogP contribution in [0, 0.1) is 5.92 Å². The smallest absolute Gasteiger partial charge is 0.0471 e. The zero-order valence-corrected chi connectivity index (χ0v) is 13.3. The molecule has 2 nitrogen and oxygen atoms in total. The van der Waals surface area contributed by atoms with Crippen LogP contribution < -0.4 is 10.2 Å². The summed E-state index contributed by atoms with van der Waals surface area (Å²) in [6.07, 6.45) is 5.29. The molecule has 0 bridgehead atoms. The van der Waals surface area contributed by atoms with Crippen molar-refractivity contribution in [1.82, 2.24) is 5.32 Å². The van der Waals surface area contributed by atoms with Crippen LogP contribution in [0.15, 0.2) is 18.2 Å². The molecule has 0 saturated heterocycles. The monoisotopic (exact) mass is 292 g/mol. The van der Waals surface area contributed by atoms with E-state index in [1.165, 1.54) is 36.9 Å². The Hall–Kier alpha value is -0.730. The second-order valence-electron chi connectivity index (χ2n) is 6.67. The van der Waals surface area contributed by atoms with E-state index in [0.717, 1.165) is 30.2 Å². The summed E-state index contributed by atoms with van der Waals surface area (Å²) in [5.41, 5.74) is 2.63. The van der Waals surface area contributed by atoms with Crippen LogP contribution in [0.2, 0.25) is 5.02 Å². The van der Waals surface area contributed by atoms with E-state index in [-0.39, 0.29) is 0 Å². The highest BCUT2D eigenvalue weighted by Crippen LogP contribution is 2.37. The molecule has 0 aromatic heterocycles. The summed E-state index contributed by atoms with van der Waals surface area (Å²) < 4.78 is 0. The fraction of sp³-hybridized carbons (Fsp3) is 0.647. The standard InChI is InChI=1S/C17H25ClN2/c1-12(2)11-20(14-8-9-14)17-5-3-4-16(18)15(17)10-19-13-6-7-13/h3-5,12-14,19H,6-11H2,1-2H3. The summed E-state index contributed by atoms with van der Waals surface area (Å²) in [4.78, 5) is 2.58. The molecule has 2 aliphatic rings. The first-order valence-corrected chi connectivity index (χ1v) is 8.30. The van der Waals surface area contributed by atoms with Crippen LogP contribution >= 0.6 is 11.6 Å². The Labute approximate surface area is 127 Å². The van der Waals surface area contributed by atoms with E-state index in [2.05, 4.69) is 36.2 Å². The van der Waals surface area contributed by atoms with E-state index in [9.17, 15) is 0 Å². The number of halogens is 1. The zero-order chi connectivity index (χ0) is 14.1. The summed E-state index contributed by atoms with van der Waals surface area (Å²) in [5, 5.41) is 4.52. The Balaban J connectivity index is 1.82. The molecule has 1 N–H and O–H groups in total. The van der Waals surface area contributed by atoms with Crippen LogP contribution in [-0.4, -0.2) is 18.6 Å². The fourth-order valence-corrected chi connectivity index (χ4v) is 2.99. The number of anilines is 1. The van der Waals surface area contributed by atoms with Gasteiger partial charge in [0.15, 0.2) is 0 Å². The molecule has 3 rings (SSSR count). The highest BCUT2D eigenvalue weighted by atomic mass is 35.5. The molecule has 3 heteroatoms. The predicted octanol–water partition coefficient (Wildman–Crippen LogP) is 4.22. The molecule has 2 fully saturated rings. The SMILES string of the molecule is CC(C)CN(c1cccc(Cl)c1CNC1CC1)C1CC1. The Morgan fingerprint density at radius 2 is 2.00 bits per heavy atom. The van der Waals surface area contributed by atoms with Crippen molar-refractivity contribution >= 4 is 17.3 Å². The first-order valence-electron chi connectivity index (χ1n) is 7.92. The number of nitrogens with zero attached hydrogens (tertiary/aromatic N) is 1. The number of nitrogens with one attached hydrogen (secondary N) is 1. The molecule has 0 radical (unpaired) electrons. The van der Waals surface area contributed by atoms with Gasteiger partial charge in [0, 0.05) is 41.4 Å². The van der Waals surface area contributed by atoms with Gasteiger partial charge >= 0.3 is 0 Å². The zero-order valence-electron chi connectivity index (χ0n) is 12.5. The summed E-state index contributed by atoms with van der Waals surface area (Å²) in [5.74, 6) is 0.679. The molecular weight excluding hydrogens is 268 g/mol. The molecule has 20 heavy (non-hydrogen) atoms. The molecule has 2 saturated carbocycles. The molecule has 0 aliphatic heterocycles. The lowest BCUT2D eigenvalue weighted by molar-refractivity contribution is 0.602. The summed E-state index contributed by atoms with van der Waals surface area (Å²) >= 11 is 6.47. The lowest BCUT2D eigenvalue weighted by Crippen LogP contribution is -2.31. The maximum Gasteiger partial charge on any atom is 0.0471 e. The first-order chi connectivity index (χ1) is 9.65. The van der Waals surface area contributed by atoms with Crippen LogP contribution in [0.1, 0.15) is 45.1 Å². The predicted molar refractivity (Wildman–Crippen MR) is 86.5 cm³/mol. The third-order valence-electron chi connectivity index (χ3n) is 4.10. The quantitative estimate of drug-likeness (QED) is 0.809. The van der Waals surface area contributed by atoms with Gasteiger partial charge in [0.25, 0.3) is 0 Å². The van der Waals surface area contributed by atoms with Crippen molar-refractivity contribution in [3.05, 3.63) is 28.8 Å². The second-order valence-corrected chi connectivity index (χ2v) is 7.08. The molecular formula is C17H25ClN2.